The number of rotatable bonds is 39. The molecule has 0 aliphatic carbocycles. The maximum absolute atomic E-state index is 11.2. The molecule has 3 heteroatoms. The minimum absolute atomic E-state index is 0.113. The van der Waals surface area contributed by atoms with E-state index in [2.05, 4.69) is 20.8 Å². The fourth-order valence-electron chi connectivity index (χ4n) is 7.66. The topological polar surface area (TPSA) is 60.7 Å². The summed E-state index contributed by atoms with van der Waals surface area (Å²) >= 11 is 0. The zero-order valence-corrected chi connectivity index (χ0v) is 32.1. The molecule has 0 saturated carbocycles. The van der Waals surface area contributed by atoms with Gasteiger partial charge in [0.25, 0.3) is 0 Å². The zero-order chi connectivity index (χ0) is 33.8. The lowest BCUT2D eigenvalue weighted by Gasteiger charge is -2.33. The van der Waals surface area contributed by atoms with Gasteiger partial charge in [-0.2, -0.15) is 0 Å². The summed E-state index contributed by atoms with van der Waals surface area (Å²) in [6.45, 7) is 6.53. The molecular weight excluding hydrogens is 564 g/mol. The van der Waals surface area contributed by atoms with Crippen molar-refractivity contribution in [2.24, 2.45) is 11.8 Å². The van der Waals surface area contributed by atoms with Crippen molar-refractivity contribution < 1.29 is 15.3 Å². The van der Waals surface area contributed by atoms with Crippen LogP contribution in [0.5, 0.6) is 0 Å². The van der Waals surface area contributed by atoms with Crippen molar-refractivity contribution in [2.45, 2.75) is 258 Å². The summed E-state index contributed by atoms with van der Waals surface area (Å²) in [6.07, 6.45) is 44.7. The maximum atomic E-state index is 11.2. The summed E-state index contributed by atoms with van der Waals surface area (Å²) in [5.41, 5.74) is 0. The van der Waals surface area contributed by atoms with Crippen LogP contribution in [-0.2, 0) is 0 Å². The van der Waals surface area contributed by atoms with Crippen molar-refractivity contribution in [1.82, 2.24) is 0 Å². The molecule has 0 radical (unpaired) electrons. The highest BCUT2D eigenvalue weighted by atomic mass is 16.4. The summed E-state index contributed by atoms with van der Waals surface area (Å²) in [7, 11) is 0. The number of hydrogen-bond donors (Lipinski definition) is 3. The van der Waals surface area contributed by atoms with E-state index in [1.54, 1.807) is 0 Å². The van der Waals surface area contributed by atoms with Gasteiger partial charge in [-0.25, -0.2) is 0 Å². The van der Waals surface area contributed by atoms with E-state index in [9.17, 15) is 15.3 Å². The van der Waals surface area contributed by atoms with Gasteiger partial charge in [-0.1, -0.05) is 239 Å². The first-order valence-corrected chi connectivity index (χ1v) is 21.6. The Labute approximate surface area is 290 Å². The standard InChI is InChI=1S/C43H88O3/c1-4-7-10-13-16-19-22-23-25-28-31-34-37-40(36-33-30-27-24-20-17-14-11-8-5-2)41(43(46)42(45)39-44)38-35-32-29-26-21-18-15-12-9-6-3/h40-46H,4-39H2,1-3H3. The second-order valence-corrected chi connectivity index (χ2v) is 15.3. The maximum Gasteiger partial charge on any atom is 0.103 e. The monoisotopic (exact) mass is 653 g/mol. The molecule has 0 saturated heterocycles. The van der Waals surface area contributed by atoms with E-state index in [-0.39, 0.29) is 12.5 Å². The van der Waals surface area contributed by atoms with E-state index in [1.165, 1.54) is 212 Å². The molecule has 3 nitrogen and oxygen atoms in total. The minimum atomic E-state index is -1.01. The van der Waals surface area contributed by atoms with Crippen molar-refractivity contribution in [3.63, 3.8) is 0 Å². The third kappa shape index (κ3) is 30.0. The molecule has 0 aromatic rings. The van der Waals surface area contributed by atoms with Gasteiger partial charge in [0.1, 0.15) is 6.10 Å². The molecule has 0 spiro atoms. The molecule has 0 aromatic heterocycles. The Balaban J connectivity index is 4.71. The van der Waals surface area contributed by atoms with Crippen LogP contribution in [0.3, 0.4) is 0 Å². The largest absolute Gasteiger partial charge is 0.394 e. The predicted octanol–water partition coefficient (Wildman–Crippen LogP) is 13.6. The van der Waals surface area contributed by atoms with Crippen molar-refractivity contribution in [1.29, 1.82) is 0 Å². The highest BCUT2D eigenvalue weighted by Crippen LogP contribution is 2.33. The van der Waals surface area contributed by atoms with Crippen LogP contribution in [0.15, 0.2) is 0 Å². The Morgan fingerprint density at radius 3 is 0.826 bits per heavy atom. The SMILES string of the molecule is CCCCCCCCCCCCCCC(CCCCCCCCCCCC)C(CCCCCCCCCCCC)C(O)C(O)CO. The fourth-order valence-corrected chi connectivity index (χ4v) is 7.66. The summed E-state index contributed by atoms with van der Waals surface area (Å²) in [6, 6.07) is 0. The summed E-state index contributed by atoms with van der Waals surface area (Å²) in [5, 5.41) is 31.5. The van der Waals surface area contributed by atoms with Crippen molar-refractivity contribution >= 4 is 0 Å². The molecule has 0 aromatic carbocycles. The van der Waals surface area contributed by atoms with Gasteiger partial charge in [-0.3, -0.25) is 0 Å². The van der Waals surface area contributed by atoms with Gasteiger partial charge < -0.3 is 15.3 Å². The Morgan fingerprint density at radius 1 is 0.326 bits per heavy atom. The van der Waals surface area contributed by atoms with Crippen LogP contribution < -0.4 is 0 Å². The second-order valence-electron chi connectivity index (χ2n) is 15.3. The first-order chi connectivity index (χ1) is 22.6. The van der Waals surface area contributed by atoms with Gasteiger partial charge >= 0.3 is 0 Å². The van der Waals surface area contributed by atoms with Crippen LogP contribution in [0, 0.1) is 11.8 Å². The van der Waals surface area contributed by atoms with Crippen LogP contribution in [0.2, 0.25) is 0 Å². The summed E-state index contributed by atoms with van der Waals surface area (Å²) in [5.74, 6) is 0.578. The first kappa shape index (κ1) is 45.9. The van der Waals surface area contributed by atoms with Gasteiger partial charge in [-0.05, 0) is 18.3 Å². The molecule has 3 N–H and O–H groups in total. The van der Waals surface area contributed by atoms with Crippen molar-refractivity contribution in [2.75, 3.05) is 6.61 Å². The molecule has 0 bridgehead atoms. The molecule has 0 amide bonds. The molecule has 4 unspecified atom stereocenters. The van der Waals surface area contributed by atoms with E-state index in [0.29, 0.717) is 5.92 Å². The van der Waals surface area contributed by atoms with Crippen LogP contribution >= 0.6 is 0 Å². The van der Waals surface area contributed by atoms with Gasteiger partial charge in [0.15, 0.2) is 0 Å². The van der Waals surface area contributed by atoms with Gasteiger partial charge in [-0.15, -0.1) is 0 Å². The van der Waals surface area contributed by atoms with Crippen LogP contribution in [0.1, 0.15) is 245 Å². The van der Waals surface area contributed by atoms with E-state index in [1.807, 2.05) is 0 Å². The normalized spacial score (nSPS) is 14.5. The highest BCUT2D eigenvalue weighted by molar-refractivity contribution is 4.82. The minimum Gasteiger partial charge on any atom is -0.394 e. The number of aliphatic hydroxyl groups excluding tert-OH is 3. The molecule has 0 aliphatic heterocycles. The lowest BCUT2D eigenvalue weighted by Crippen LogP contribution is -2.39. The quantitative estimate of drug-likeness (QED) is 0.0579. The summed E-state index contributed by atoms with van der Waals surface area (Å²) < 4.78 is 0. The van der Waals surface area contributed by atoms with Crippen molar-refractivity contribution in [3.8, 4) is 0 Å². The van der Waals surface area contributed by atoms with Gasteiger partial charge in [0, 0.05) is 0 Å². The third-order valence-corrected chi connectivity index (χ3v) is 10.9. The molecular formula is C43H88O3. The van der Waals surface area contributed by atoms with Crippen LogP contribution in [0.25, 0.3) is 0 Å². The highest BCUT2D eigenvalue weighted by Gasteiger charge is 2.31. The molecule has 0 aliphatic rings. The second kappa shape index (κ2) is 37.7. The average molecular weight is 653 g/mol. The Morgan fingerprint density at radius 2 is 0.565 bits per heavy atom. The average Bonchev–Trinajstić information content (AvgIpc) is 3.07. The van der Waals surface area contributed by atoms with Gasteiger partial charge in [0.05, 0.1) is 12.7 Å². The lowest BCUT2D eigenvalue weighted by atomic mass is 9.76. The molecule has 46 heavy (non-hydrogen) atoms. The molecule has 4 atom stereocenters. The first-order valence-electron chi connectivity index (χ1n) is 21.6. The predicted molar refractivity (Wildman–Crippen MR) is 205 cm³/mol. The van der Waals surface area contributed by atoms with Crippen LogP contribution in [-0.4, -0.2) is 34.1 Å². The Bertz CT molecular complexity index is 552. The number of hydrogen-bond acceptors (Lipinski definition) is 3. The lowest BCUT2D eigenvalue weighted by molar-refractivity contribution is -0.0615. The van der Waals surface area contributed by atoms with E-state index in [4.69, 9.17) is 0 Å². The van der Waals surface area contributed by atoms with E-state index >= 15 is 0 Å². The molecule has 0 heterocycles. The van der Waals surface area contributed by atoms with Gasteiger partial charge in [0.2, 0.25) is 0 Å². The number of aliphatic hydroxyl groups is 3. The van der Waals surface area contributed by atoms with E-state index < -0.39 is 12.2 Å². The Hall–Kier alpha value is -0.120. The smallest absolute Gasteiger partial charge is 0.103 e. The molecule has 0 fully saturated rings. The fraction of sp³-hybridized carbons (Fsp3) is 1.00. The molecule has 278 valence electrons. The Kier molecular flexibility index (Phi) is 37.6. The number of unbranched alkanes of at least 4 members (excludes halogenated alkanes) is 29. The van der Waals surface area contributed by atoms with Crippen molar-refractivity contribution in [3.05, 3.63) is 0 Å². The van der Waals surface area contributed by atoms with Crippen LogP contribution in [0.4, 0.5) is 0 Å². The van der Waals surface area contributed by atoms with E-state index in [0.717, 1.165) is 12.8 Å². The molecule has 0 rings (SSSR count). The zero-order valence-electron chi connectivity index (χ0n) is 32.1. The third-order valence-electron chi connectivity index (χ3n) is 10.9. The summed E-state index contributed by atoms with van der Waals surface area (Å²) in [4.78, 5) is 0.